The number of aryl methyl sites for hydroxylation is 1. The lowest BCUT2D eigenvalue weighted by Gasteiger charge is -2.27. The van der Waals surface area contributed by atoms with Crippen LogP contribution in [0.5, 0.6) is 0 Å². The Labute approximate surface area is 145 Å². The fourth-order valence-electron chi connectivity index (χ4n) is 2.38. The van der Waals surface area contributed by atoms with Crippen molar-refractivity contribution in [1.82, 2.24) is 25.3 Å². The van der Waals surface area contributed by atoms with Crippen LogP contribution in [0.15, 0.2) is 24.8 Å². The molecular formula is C16H21N7O2. The molecule has 0 bridgehead atoms. The van der Waals surface area contributed by atoms with Gasteiger partial charge in [0.15, 0.2) is 0 Å². The summed E-state index contributed by atoms with van der Waals surface area (Å²) in [5, 5.41) is 5.97. The van der Waals surface area contributed by atoms with E-state index in [-0.39, 0.29) is 5.91 Å². The van der Waals surface area contributed by atoms with E-state index in [1.165, 1.54) is 12.5 Å². The predicted molar refractivity (Wildman–Crippen MR) is 92.7 cm³/mol. The number of carbonyl (C=O) groups is 1. The molecule has 1 aliphatic rings. The summed E-state index contributed by atoms with van der Waals surface area (Å²) in [5.41, 5.74) is 1.08. The van der Waals surface area contributed by atoms with Gasteiger partial charge in [-0.25, -0.2) is 15.0 Å². The molecule has 0 atom stereocenters. The van der Waals surface area contributed by atoms with E-state index >= 15 is 0 Å². The number of nitrogens with zero attached hydrogens (tertiary/aromatic N) is 5. The Hall–Kier alpha value is -2.81. The third-order valence-electron chi connectivity index (χ3n) is 3.72. The highest BCUT2D eigenvalue weighted by molar-refractivity contribution is 5.91. The Kier molecular flexibility index (Phi) is 5.68. The largest absolute Gasteiger partial charge is 0.378 e. The van der Waals surface area contributed by atoms with Crippen molar-refractivity contribution in [3.05, 3.63) is 36.2 Å². The van der Waals surface area contributed by atoms with Crippen molar-refractivity contribution in [2.24, 2.45) is 0 Å². The Morgan fingerprint density at radius 3 is 2.76 bits per heavy atom. The number of hydrogen-bond acceptors (Lipinski definition) is 8. The van der Waals surface area contributed by atoms with E-state index in [0.717, 1.165) is 30.4 Å². The highest BCUT2D eigenvalue weighted by Crippen LogP contribution is 2.15. The molecule has 9 nitrogen and oxygen atoms in total. The molecule has 0 radical (unpaired) electrons. The number of ether oxygens (including phenoxy) is 1. The third-order valence-corrected chi connectivity index (χ3v) is 3.72. The summed E-state index contributed by atoms with van der Waals surface area (Å²) in [4.78, 5) is 30.7. The fourth-order valence-corrected chi connectivity index (χ4v) is 2.38. The average molecular weight is 343 g/mol. The van der Waals surface area contributed by atoms with Crippen LogP contribution in [-0.4, -0.2) is 65.2 Å². The van der Waals surface area contributed by atoms with Gasteiger partial charge in [-0.1, -0.05) is 0 Å². The molecule has 9 heteroatoms. The average Bonchev–Trinajstić information content (AvgIpc) is 2.66. The topological polar surface area (TPSA) is 105 Å². The first kappa shape index (κ1) is 17.0. The number of rotatable bonds is 6. The van der Waals surface area contributed by atoms with E-state index in [9.17, 15) is 4.79 Å². The second kappa shape index (κ2) is 8.34. The minimum Gasteiger partial charge on any atom is -0.378 e. The van der Waals surface area contributed by atoms with E-state index in [0.29, 0.717) is 32.0 Å². The maximum absolute atomic E-state index is 11.9. The molecular weight excluding hydrogens is 322 g/mol. The molecule has 0 spiro atoms. The van der Waals surface area contributed by atoms with Gasteiger partial charge in [0, 0.05) is 38.4 Å². The Balaban J connectivity index is 1.45. The van der Waals surface area contributed by atoms with Gasteiger partial charge in [-0.2, -0.15) is 0 Å². The summed E-state index contributed by atoms with van der Waals surface area (Å²) in [6.45, 7) is 5.89. The number of nitrogens with one attached hydrogen (secondary N) is 2. The third kappa shape index (κ3) is 4.83. The number of carbonyl (C=O) groups excluding carboxylic acids is 1. The molecule has 0 aromatic carbocycles. The highest BCUT2D eigenvalue weighted by Gasteiger charge is 2.13. The standard InChI is InChI=1S/C16H21N7O2/c1-12-9-20-13(10-19-12)16(24)18-3-2-17-14-8-15(22-11-21-14)23-4-6-25-7-5-23/h8-11H,2-7H2,1H3,(H,18,24)(H,17,21,22). The van der Waals surface area contributed by atoms with Crippen LogP contribution < -0.4 is 15.5 Å². The highest BCUT2D eigenvalue weighted by atomic mass is 16.5. The van der Waals surface area contributed by atoms with Crippen LogP contribution in [0.3, 0.4) is 0 Å². The summed E-state index contributed by atoms with van der Waals surface area (Å²) in [7, 11) is 0. The zero-order chi connectivity index (χ0) is 17.5. The van der Waals surface area contributed by atoms with E-state index in [1.54, 1.807) is 6.20 Å². The molecule has 2 N–H and O–H groups in total. The van der Waals surface area contributed by atoms with Gasteiger partial charge < -0.3 is 20.3 Å². The van der Waals surface area contributed by atoms with Crippen molar-refractivity contribution in [1.29, 1.82) is 0 Å². The predicted octanol–water partition coefficient (Wildman–Crippen LogP) is 0.254. The molecule has 0 unspecified atom stereocenters. The molecule has 3 rings (SSSR count). The lowest BCUT2D eigenvalue weighted by Crippen LogP contribution is -2.36. The van der Waals surface area contributed by atoms with Crippen LogP contribution in [-0.2, 0) is 4.74 Å². The molecule has 0 saturated carbocycles. The summed E-state index contributed by atoms with van der Waals surface area (Å²) >= 11 is 0. The summed E-state index contributed by atoms with van der Waals surface area (Å²) in [5.74, 6) is 1.35. The second-order valence-electron chi connectivity index (χ2n) is 5.59. The number of amides is 1. The van der Waals surface area contributed by atoms with Gasteiger partial charge in [0.2, 0.25) is 0 Å². The van der Waals surface area contributed by atoms with Gasteiger partial charge in [0.05, 0.1) is 25.1 Å². The van der Waals surface area contributed by atoms with Crippen molar-refractivity contribution in [2.45, 2.75) is 6.92 Å². The van der Waals surface area contributed by atoms with Gasteiger partial charge in [-0.05, 0) is 6.92 Å². The lowest BCUT2D eigenvalue weighted by molar-refractivity contribution is 0.0949. The van der Waals surface area contributed by atoms with Gasteiger partial charge in [-0.3, -0.25) is 9.78 Å². The van der Waals surface area contributed by atoms with Gasteiger partial charge in [0.25, 0.3) is 5.91 Å². The van der Waals surface area contributed by atoms with Crippen molar-refractivity contribution in [3.63, 3.8) is 0 Å². The molecule has 25 heavy (non-hydrogen) atoms. The Bertz CT molecular complexity index is 702. The number of morpholine rings is 1. The Morgan fingerprint density at radius 1 is 1.16 bits per heavy atom. The first-order chi connectivity index (χ1) is 12.2. The molecule has 1 fully saturated rings. The fraction of sp³-hybridized carbons (Fsp3) is 0.438. The number of hydrogen-bond donors (Lipinski definition) is 2. The minimum absolute atomic E-state index is 0.244. The lowest BCUT2D eigenvalue weighted by atomic mass is 10.4. The summed E-state index contributed by atoms with van der Waals surface area (Å²) in [6.07, 6.45) is 4.58. The number of anilines is 2. The second-order valence-corrected chi connectivity index (χ2v) is 5.59. The van der Waals surface area contributed by atoms with Crippen molar-refractivity contribution >= 4 is 17.5 Å². The molecule has 1 aliphatic heterocycles. The minimum atomic E-state index is -0.244. The summed E-state index contributed by atoms with van der Waals surface area (Å²) < 4.78 is 5.35. The normalized spacial score (nSPS) is 14.2. The molecule has 3 heterocycles. The quantitative estimate of drug-likeness (QED) is 0.719. The molecule has 2 aromatic rings. The van der Waals surface area contributed by atoms with Crippen LogP contribution in [0.1, 0.15) is 16.2 Å². The molecule has 1 saturated heterocycles. The zero-order valence-corrected chi connectivity index (χ0v) is 14.1. The smallest absolute Gasteiger partial charge is 0.271 e. The first-order valence-corrected chi connectivity index (χ1v) is 8.18. The molecule has 0 aliphatic carbocycles. The van der Waals surface area contributed by atoms with Gasteiger partial charge in [0.1, 0.15) is 23.7 Å². The molecule has 1 amide bonds. The van der Waals surface area contributed by atoms with E-state index in [1.807, 2.05) is 13.0 Å². The monoisotopic (exact) mass is 343 g/mol. The van der Waals surface area contributed by atoms with E-state index < -0.39 is 0 Å². The number of aromatic nitrogens is 4. The van der Waals surface area contributed by atoms with E-state index in [2.05, 4.69) is 35.5 Å². The van der Waals surface area contributed by atoms with Crippen molar-refractivity contribution in [2.75, 3.05) is 49.6 Å². The molecule has 2 aromatic heterocycles. The van der Waals surface area contributed by atoms with Gasteiger partial charge in [-0.15, -0.1) is 0 Å². The first-order valence-electron chi connectivity index (χ1n) is 8.18. The zero-order valence-electron chi connectivity index (χ0n) is 14.1. The Morgan fingerprint density at radius 2 is 2.00 bits per heavy atom. The maximum atomic E-state index is 11.9. The van der Waals surface area contributed by atoms with Crippen LogP contribution in [0, 0.1) is 6.92 Å². The van der Waals surface area contributed by atoms with Crippen LogP contribution in [0.25, 0.3) is 0 Å². The van der Waals surface area contributed by atoms with Crippen LogP contribution in [0.4, 0.5) is 11.6 Å². The maximum Gasteiger partial charge on any atom is 0.271 e. The SMILES string of the molecule is Cc1cnc(C(=O)NCCNc2cc(N3CCOCC3)ncn2)cn1. The van der Waals surface area contributed by atoms with Crippen molar-refractivity contribution in [3.8, 4) is 0 Å². The van der Waals surface area contributed by atoms with E-state index in [4.69, 9.17) is 4.74 Å². The summed E-state index contributed by atoms with van der Waals surface area (Å²) in [6, 6.07) is 1.90. The van der Waals surface area contributed by atoms with Crippen LogP contribution >= 0.6 is 0 Å². The van der Waals surface area contributed by atoms with Crippen LogP contribution in [0.2, 0.25) is 0 Å². The molecule has 132 valence electrons. The van der Waals surface area contributed by atoms with Gasteiger partial charge >= 0.3 is 0 Å². The van der Waals surface area contributed by atoms with Crippen molar-refractivity contribution < 1.29 is 9.53 Å².